The number of amides is 1. The Balaban J connectivity index is 1.40. The molecule has 0 spiro atoms. The molecule has 1 aliphatic rings. The van der Waals surface area contributed by atoms with Gasteiger partial charge in [-0.3, -0.25) is 4.79 Å². The molecule has 1 aliphatic carbocycles. The Labute approximate surface area is 153 Å². The lowest BCUT2D eigenvalue weighted by molar-refractivity contribution is -0.119. The first-order valence-electron chi connectivity index (χ1n) is 8.13. The summed E-state index contributed by atoms with van der Waals surface area (Å²) in [4.78, 5) is 13.5. The van der Waals surface area contributed by atoms with Gasteiger partial charge in [-0.25, -0.2) is 0 Å². The molecular weight excluding hydrogens is 354 g/mol. The van der Waals surface area contributed by atoms with Crippen molar-refractivity contribution in [2.75, 3.05) is 5.75 Å². The molecule has 1 aromatic carbocycles. The van der Waals surface area contributed by atoms with Crippen LogP contribution >= 0.6 is 23.1 Å². The Bertz CT molecular complexity index is 829. The number of rotatable bonds is 7. The molecule has 0 saturated heterocycles. The molecule has 2 aromatic heterocycles. The summed E-state index contributed by atoms with van der Waals surface area (Å²) in [6.45, 7) is 0. The first-order valence-corrected chi connectivity index (χ1v) is 10.00. The maximum Gasteiger partial charge on any atom is 0.277 e. The highest BCUT2D eigenvalue weighted by Gasteiger charge is 2.29. The van der Waals surface area contributed by atoms with E-state index in [1.807, 2.05) is 47.8 Å². The van der Waals surface area contributed by atoms with Crippen molar-refractivity contribution in [2.45, 2.75) is 30.0 Å². The van der Waals surface area contributed by atoms with Crippen molar-refractivity contribution in [3.05, 3.63) is 64.2 Å². The second-order valence-corrected chi connectivity index (χ2v) is 7.80. The second-order valence-electron chi connectivity index (χ2n) is 5.90. The fraction of sp³-hybridized carbons (Fsp3) is 0.278. The predicted molar refractivity (Wildman–Crippen MR) is 97.7 cm³/mol. The van der Waals surface area contributed by atoms with Crippen LogP contribution in [0.3, 0.4) is 0 Å². The van der Waals surface area contributed by atoms with Gasteiger partial charge in [0.1, 0.15) is 0 Å². The third-order valence-electron chi connectivity index (χ3n) is 3.94. The number of aromatic nitrogens is 2. The fourth-order valence-electron chi connectivity index (χ4n) is 2.52. The standard InChI is InChI=1S/C18H17N3O2S2/c22-15(11-25-18-21-20-17(23-18)13-8-9-13)19-16(14-7-4-10-24-14)12-5-2-1-3-6-12/h1-7,10,13,16H,8-9,11H2,(H,19,22). The molecule has 1 saturated carbocycles. The Hall–Kier alpha value is -2.12. The average Bonchev–Trinajstić information content (AvgIpc) is 3.15. The molecule has 1 N–H and O–H groups in total. The minimum atomic E-state index is -0.140. The van der Waals surface area contributed by atoms with Crippen molar-refractivity contribution in [2.24, 2.45) is 0 Å². The Kier molecular flexibility index (Phi) is 4.85. The number of hydrogen-bond donors (Lipinski definition) is 1. The molecular formula is C18H17N3O2S2. The van der Waals surface area contributed by atoms with Gasteiger partial charge in [0.15, 0.2) is 0 Å². The quantitative estimate of drug-likeness (QED) is 0.636. The van der Waals surface area contributed by atoms with Crippen LogP contribution in [-0.4, -0.2) is 21.9 Å². The lowest BCUT2D eigenvalue weighted by atomic mass is 10.1. The van der Waals surface area contributed by atoms with Crippen LogP contribution in [0.25, 0.3) is 0 Å². The largest absolute Gasteiger partial charge is 0.416 e. The minimum Gasteiger partial charge on any atom is -0.416 e. The number of carbonyl (C=O) groups excluding carboxylic acids is 1. The van der Waals surface area contributed by atoms with Gasteiger partial charge >= 0.3 is 0 Å². The van der Waals surface area contributed by atoms with E-state index in [-0.39, 0.29) is 17.7 Å². The highest BCUT2D eigenvalue weighted by Crippen LogP contribution is 2.39. The SMILES string of the molecule is O=C(CSc1nnc(C2CC2)o1)NC(c1ccccc1)c1cccs1. The molecule has 1 amide bonds. The molecule has 5 nitrogen and oxygen atoms in total. The number of nitrogens with zero attached hydrogens (tertiary/aromatic N) is 2. The Morgan fingerprint density at radius 2 is 2.08 bits per heavy atom. The van der Waals surface area contributed by atoms with Crippen LogP contribution in [-0.2, 0) is 4.79 Å². The van der Waals surface area contributed by atoms with E-state index < -0.39 is 0 Å². The zero-order valence-corrected chi connectivity index (χ0v) is 15.1. The summed E-state index contributed by atoms with van der Waals surface area (Å²) in [5, 5.41) is 13.6. The van der Waals surface area contributed by atoms with Gasteiger partial charge in [-0.15, -0.1) is 21.5 Å². The minimum absolute atomic E-state index is 0.0570. The van der Waals surface area contributed by atoms with E-state index in [2.05, 4.69) is 15.5 Å². The van der Waals surface area contributed by atoms with E-state index in [0.29, 0.717) is 17.0 Å². The summed E-state index contributed by atoms with van der Waals surface area (Å²) in [5.41, 5.74) is 1.07. The molecule has 0 radical (unpaired) electrons. The Morgan fingerprint density at radius 3 is 2.80 bits per heavy atom. The molecule has 7 heteroatoms. The summed E-state index contributed by atoms with van der Waals surface area (Å²) in [5.74, 6) is 1.32. The normalized spacial score (nSPS) is 15.0. The smallest absolute Gasteiger partial charge is 0.277 e. The summed E-state index contributed by atoms with van der Waals surface area (Å²) in [6.07, 6.45) is 2.23. The van der Waals surface area contributed by atoms with E-state index in [9.17, 15) is 4.79 Å². The van der Waals surface area contributed by atoms with Crippen LogP contribution in [0, 0.1) is 0 Å². The van der Waals surface area contributed by atoms with Gasteiger partial charge in [-0.05, 0) is 29.9 Å². The number of hydrogen-bond acceptors (Lipinski definition) is 6. The summed E-state index contributed by atoms with van der Waals surface area (Å²) in [7, 11) is 0. The predicted octanol–water partition coefficient (Wildman–Crippen LogP) is 4.01. The maximum atomic E-state index is 12.4. The molecule has 3 aromatic rings. The van der Waals surface area contributed by atoms with E-state index in [0.717, 1.165) is 23.3 Å². The highest BCUT2D eigenvalue weighted by molar-refractivity contribution is 7.99. The number of thioether (sulfide) groups is 1. The van der Waals surface area contributed by atoms with E-state index in [1.165, 1.54) is 11.8 Å². The fourth-order valence-corrected chi connectivity index (χ4v) is 3.91. The lowest BCUT2D eigenvalue weighted by Crippen LogP contribution is -2.30. The van der Waals surface area contributed by atoms with Crippen LogP contribution in [0.1, 0.15) is 41.1 Å². The van der Waals surface area contributed by atoms with Crippen molar-refractivity contribution < 1.29 is 9.21 Å². The van der Waals surface area contributed by atoms with E-state index >= 15 is 0 Å². The molecule has 1 unspecified atom stereocenters. The van der Waals surface area contributed by atoms with Crippen molar-refractivity contribution in [3.8, 4) is 0 Å². The van der Waals surface area contributed by atoms with Gasteiger partial charge in [0.2, 0.25) is 11.8 Å². The monoisotopic (exact) mass is 371 g/mol. The molecule has 25 heavy (non-hydrogen) atoms. The maximum absolute atomic E-state index is 12.4. The summed E-state index contributed by atoms with van der Waals surface area (Å²) < 4.78 is 5.58. The van der Waals surface area contributed by atoms with Gasteiger partial charge in [-0.2, -0.15) is 0 Å². The first kappa shape index (κ1) is 16.4. The van der Waals surface area contributed by atoms with E-state index in [4.69, 9.17) is 4.42 Å². The van der Waals surface area contributed by atoms with Crippen molar-refractivity contribution in [1.29, 1.82) is 0 Å². The third kappa shape index (κ3) is 4.11. The van der Waals surface area contributed by atoms with Crippen LogP contribution in [0.4, 0.5) is 0 Å². The number of nitrogens with one attached hydrogen (secondary N) is 1. The van der Waals surface area contributed by atoms with Crippen molar-refractivity contribution >= 4 is 29.0 Å². The first-order chi connectivity index (χ1) is 12.3. The van der Waals surface area contributed by atoms with Gasteiger partial charge in [0.05, 0.1) is 11.8 Å². The van der Waals surface area contributed by atoms with Gasteiger partial charge in [-0.1, -0.05) is 48.2 Å². The van der Waals surface area contributed by atoms with Crippen molar-refractivity contribution in [3.63, 3.8) is 0 Å². The van der Waals surface area contributed by atoms with Crippen LogP contribution in [0.2, 0.25) is 0 Å². The average molecular weight is 371 g/mol. The molecule has 4 rings (SSSR count). The molecule has 128 valence electrons. The second kappa shape index (κ2) is 7.41. The van der Waals surface area contributed by atoms with Crippen LogP contribution in [0.5, 0.6) is 0 Å². The zero-order valence-electron chi connectivity index (χ0n) is 13.4. The summed E-state index contributed by atoms with van der Waals surface area (Å²) in [6, 6.07) is 13.9. The molecule has 1 atom stereocenters. The van der Waals surface area contributed by atoms with Crippen LogP contribution in [0.15, 0.2) is 57.5 Å². The third-order valence-corrected chi connectivity index (χ3v) is 5.70. The molecule has 0 bridgehead atoms. The van der Waals surface area contributed by atoms with Gasteiger partial charge in [0, 0.05) is 10.8 Å². The topological polar surface area (TPSA) is 68.0 Å². The molecule has 2 heterocycles. The number of benzene rings is 1. The highest BCUT2D eigenvalue weighted by atomic mass is 32.2. The molecule has 0 aliphatic heterocycles. The van der Waals surface area contributed by atoms with E-state index in [1.54, 1.807) is 11.3 Å². The van der Waals surface area contributed by atoms with Gasteiger partial charge < -0.3 is 9.73 Å². The van der Waals surface area contributed by atoms with Crippen LogP contribution < -0.4 is 5.32 Å². The zero-order chi connectivity index (χ0) is 17.1. The van der Waals surface area contributed by atoms with Gasteiger partial charge in [0.25, 0.3) is 5.22 Å². The number of thiophene rings is 1. The number of carbonyl (C=O) groups is 1. The molecule has 1 fully saturated rings. The lowest BCUT2D eigenvalue weighted by Gasteiger charge is -2.17. The van der Waals surface area contributed by atoms with Crippen molar-refractivity contribution in [1.82, 2.24) is 15.5 Å². The summed E-state index contributed by atoms with van der Waals surface area (Å²) >= 11 is 2.91. The Morgan fingerprint density at radius 1 is 1.24 bits per heavy atom.